The fourth-order valence-electron chi connectivity index (χ4n) is 9.82. The van der Waals surface area contributed by atoms with Crippen molar-refractivity contribution in [3.8, 4) is 0 Å². The van der Waals surface area contributed by atoms with Crippen LogP contribution in [0.1, 0.15) is 81.6 Å². The van der Waals surface area contributed by atoms with Crippen LogP contribution < -0.4 is 0 Å². The number of ketones is 1. The van der Waals surface area contributed by atoms with Crippen molar-refractivity contribution in [2.24, 2.45) is 40.9 Å². The molecule has 0 radical (unpaired) electrons. The third-order valence-corrected chi connectivity index (χ3v) is 10.9. The number of carbonyl (C=O) groups excluding carboxylic acids is 6. The zero-order valence-electron chi connectivity index (χ0n) is 26.9. The first-order valence-corrected chi connectivity index (χ1v) is 15.5. The normalized spacial score (nSPS) is 45.1. The molecule has 5 rings (SSSR count). The van der Waals surface area contributed by atoms with Crippen LogP contribution in [0.3, 0.4) is 0 Å². The first-order valence-electron chi connectivity index (χ1n) is 15.5. The minimum Gasteiger partial charge on any atom is -0.461 e. The number of rotatable bonds is 6. The lowest BCUT2D eigenvalue weighted by atomic mass is 9.42. The topological polar surface area (TPSA) is 158 Å². The van der Waals surface area contributed by atoms with Crippen LogP contribution in [0.2, 0.25) is 0 Å². The first-order chi connectivity index (χ1) is 20.3. The zero-order chi connectivity index (χ0) is 32.7. The van der Waals surface area contributed by atoms with Gasteiger partial charge in [-0.15, -0.1) is 0 Å². The molecule has 4 saturated carbocycles. The summed E-state index contributed by atoms with van der Waals surface area (Å²) in [5, 5.41) is 0. The minimum absolute atomic E-state index is 0.0364. The Morgan fingerprint density at radius 3 is 2.00 bits per heavy atom. The zero-order valence-corrected chi connectivity index (χ0v) is 26.9. The molecule has 1 heterocycles. The Labute approximate surface area is 257 Å². The molecule has 2 bridgehead atoms. The van der Waals surface area contributed by atoms with Gasteiger partial charge in [-0.1, -0.05) is 20.8 Å². The SMILES string of the molecule is CC(=O)O[C@H]1C(=O)[C@]23CO[C@](C)([C@@H]2[C@@H]2[C@H]1C[C@]2(C)OC(C)=O)[C@H](OC(C)=O)[C@@]1(OC(C)=O)C[C@H](C)[C@H](OC(=O)C(C)C)[C@@H]1C3. The second-order valence-corrected chi connectivity index (χ2v) is 14.4. The van der Waals surface area contributed by atoms with E-state index in [0.29, 0.717) is 0 Å². The van der Waals surface area contributed by atoms with E-state index < -0.39 is 100.0 Å². The van der Waals surface area contributed by atoms with E-state index in [-0.39, 0.29) is 37.6 Å². The van der Waals surface area contributed by atoms with E-state index >= 15 is 0 Å². The van der Waals surface area contributed by atoms with E-state index in [1.807, 2.05) is 6.92 Å². The quantitative estimate of drug-likeness (QED) is 0.316. The molecule has 0 aromatic heterocycles. The van der Waals surface area contributed by atoms with Gasteiger partial charge < -0.3 is 28.4 Å². The standard InChI is InChI=1S/C32H44O12/c1-14(2)27(38)42-23-15(3)10-32(44-19(7)36)21(23)12-31-13-39-30(9,28(32)41-17(5)34)25(31)22-20(11-29(22,8)43-18(6)35)24(26(31)37)40-16(4)33/h14-15,20-25,28H,10-13H2,1-9H3/t15-,20+,21-,22-,23-,24+,25-,28-,29-,30+,31+,32+/m0/s1. The summed E-state index contributed by atoms with van der Waals surface area (Å²) in [6.45, 7) is 13.8. The molecule has 12 nitrogen and oxygen atoms in total. The van der Waals surface area contributed by atoms with Gasteiger partial charge in [-0.2, -0.15) is 0 Å². The minimum atomic E-state index is -1.52. The Kier molecular flexibility index (Phi) is 7.74. The van der Waals surface area contributed by atoms with E-state index in [1.165, 1.54) is 27.7 Å². The number of esters is 5. The van der Waals surface area contributed by atoms with Gasteiger partial charge >= 0.3 is 29.8 Å². The number of hydrogen-bond donors (Lipinski definition) is 0. The van der Waals surface area contributed by atoms with Crippen molar-refractivity contribution >= 4 is 35.6 Å². The average Bonchev–Trinajstić information content (AvgIpc) is 3.28. The maximum absolute atomic E-state index is 14.8. The van der Waals surface area contributed by atoms with Crippen LogP contribution in [-0.2, 0) is 57.2 Å². The number of fused-ring (bicyclic) bond motifs is 2. The highest BCUT2D eigenvalue weighted by molar-refractivity contribution is 5.93. The monoisotopic (exact) mass is 620 g/mol. The summed E-state index contributed by atoms with van der Waals surface area (Å²) in [5.41, 5.74) is -5.32. The molecule has 1 aliphatic heterocycles. The lowest BCUT2D eigenvalue weighted by molar-refractivity contribution is -0.260. The second kappa shape index (κ2) is 10.5. The van der Waals surface area contributed by atoms with Crippen LogP contribution in [0.25, 0.3) is 0 Å². The third-order valence-electron chi connectivity index (χ3n) is 10.9. The van der Waals surface area contributed by atoms with Crippen molar-refractivity contribution in [1.82, 2.24) is 0 Å². The van der Waals surface area contributed by atoms with Gasteiger partial charge in [0.2, 0.25) is 0 Å². The summed E-state index contributed by atoms with van der Waals surface area (Å²) in [6.07, 6.45) is -2.65. The van der Waals surface area contributed by atoms with Crippen LogP contribution in [0.4, 0.5) is 0 Å². The first kappa shape index (κ1) is 32.4. The van der Waals surface area contributed by atoms with Crippen molar-refractivity contribution in [2.75, 3.05) is 6.61 Å². The third kappa shape index (κ3) is 4.57. The number of Topliss-reactive ketones (excluding diaryl/α,β-unsaturated/α-hetero) is 1. The van der Waals surface area contributed by atoms with Gasteiger partial charge in [0, 0.05) is 51.4 Å². The Hall–Kier alpha value is -3.02. The molecule has 0 amide bonds. The summed E-state index contributed by atoms with van der Waals surface area (Å²) in [5.74, 6) is -6.52. The van der Waals surface area contributed by atoms with Crippen LogP contribution in [0.15, 0.2) is 0 Å². The fourth-order valence-corrected chi connectivity index (χ4v) is 9.82. The Balaban J connectivity index is 1.77. The van der Waals surface area contributed by atoms with Crippen LogP contribution in [0, 0.1) is 40.9 Å². The molecular weight excluding hydrogens is 576 g/mol. The number of hydrogen-bond acceptors (Lipinski definition) is 12. The van der Waals surface area contributed by atoms with Gasteiger partial charge in [0.15, 0.2) is 23.6 Å². The summed E-state index contributed by atoms with van der Waals surface area (Å²) in [6, 6.07) is 0. The smallest absolute Gasteiger partial charge is 0.308 e. The largest absolute Gasteiger partial charge is 0.461 e. The molecule has 0 aromatic carbocycles. The van der Waals surface area contributed by atoms with Crippen molar-refractivity contribution in [2.45, 2.75) is 117 Å². The highest BCUT2D eigenvalue weighted by Crippen LogP contribution is 2.72. The molecule has 0 unspecified atom stereocenters. The maximum Gasteiger partial charge on any atom is 0.308 e. The van der Waals surface area contributed by atoms with Crippen molar-refractivity contribution in [3.63, 3.8) is 0 Å². The Morgan fingerprint density at radius 1 is 0.841 bits per heavy atom. The van der Waals surface area contributed by atoms with Crippen molar-refractivity contribution in [3.05, 3.63) is 0 Å². The Morgan fingerprint density at radius 2 is 1.45 bits per heavy atom. The van der Waals surface area contributed by atoms with Crippen molar-refractivity contribution < 1.29 is 57.2 Å². The van der Waals surface area contributed by atoms with Gasteiger partial charge in [-0.3, -0.25) is 28.8 Å². The van der Waals surface area contributed by atoms with E-state index in [4.69, 9.17) is 28.4 Å². The van der Waals surface area contributed by atoms with Crippen LogP contribution in [0.5, 0.6) is 0 Å². The molecule has 12 heteroatoms. The summed E-state index contributed by atoms with van der Waals surface area (Å²) < 4.78 is 36.6. The predicted octanol–water partition coefficient (Wildman–Crippen LogP) is 2.71. The van der Waals surface area contributed by atoms with E-state index in [1.54, 1.807) is 27.7 Å². The molecule has 5 aliphatic rings. The van der Waals surface area contributed by atoms with E-state index in [0.717, 1.165) is 0 Å². The van der Waals surface area contributed by atoms with Crippen LogP contribution >= 0.6 is 0 Å². The number of carbonyl (C=O) groups is 6. The summed E-state index contributed by atoms with van der Waals surface area (Å²) >= 11 is 0. The van der Waals surface area contributed by atoms with Gasteiger partial charge in [0.25, 0.3) is 0 Å². The van der Waals surface area contributed by atoms with E-state index in [2.05, 4.69) is 0 Å². The van der Waals surface area contributed by atoms with Crippen molar-refractivity contribution in [1.29, 1.82) is 0 Å². The molecule has 44 heavy (non-hydrogen) atoms. The lowest BCUT2D eigenvalue weighted by Gasteiger charge is -2.63. The lowest BCUT2D eigenvalue weighted by Crippen LogP contribution is -2.73. The Bertz CT molecular complexity index is 1290. The summed E-state index contributed by atoms with van der Waals surface area (Å²) in [4.78, 5) is 78.1. The second-order valence-electron chi connectivity index (χ2n) is 14.4. The van der Waals surface area contributed by atoms with Gasteiger partial charge in [-0.05, 0) is 39.0 Å². The molecule has 4 aliphatic carbocycles. The molecule has 0 aromatic rings. The molecule has 0 N–H and O–H groups in total. The molecule has 244 valence electrons. The molecule has 5 fully saturated rings. The molecule has 12 atom stereocenters. The average molecular weight is 621 g/mol. The molecule has 1 saturated heterocycles. The maximum atomic E-state index is 14.8. The predicted molar refractivity (Wildman–Crippen MR) is 149 cm³/mol. The van der Waals surface area contributed by atoms with Gasteiger partial charge in [0.05, 0.1) is 17.9 Å². The highest BCUT2D eigenvalue weighted by atomic mass is 16.6. The summed E-state index contributed by atoms with van der Waals surface area (Å²) in [7, 11) is 0. The van der Waals surface area contributed by atoms with E-state index in [9.17, 15) is 28.8 Å². The molecule has 0 spiro atoms. The van der Waals surface area contributed by atoms with Gasteiger partial charge in [-0.25, -0.2) is 0 Å². The number of ether oxygens (including phenoxy) is 6. The highest BCUT2D eigenvalue weighted by Gasteiger charge is 2.83. The van der Waals surface area contributed by atoms with Gasteiger partial charge in [0.1, 0.15) is 17.3 Å². The fraction of sp³-hybridized carbons (Fsp3) is 0.812. The molecular formula is C32H44O12. The van der Waals surface area contributed by atoms with Crippen LogP contribution in [-0.4, -0.2) is 77.4 Å².